The fourth-order valence-electron chi connectivity index (χ4n) is 2.18. The minimum Gasteiger partial charge on any atom is -0.362 e. The Morgan fingerprint density at radius 2 is 1.95 bits per heavy atom. The lowest BCUT2D eigenvalue weighted by Crippen LogP contribution is -2.36. The van der Waals surface area contributed by atoms with E-state index < -0.39 is 0 Å². The Kier molecular flexibility index (Phi) is 7.73. The van der Waals surface area contributed by atoms with Crippen LogP contribution in [0.5, 0.6) is 0 Å². The average molecular weight is 277 g/mol. The van der Waals surface area contributed by atoms with Gasteiger partial charge in [0, 0.05) is 25.8 Å². The van der Waals surface area contributed by atoms with Crippen LogP contribution in [-0.4, -0.2) is 32.6 Å². The molecule has 0 heterocycles. The number of rotatable bonds is 9. The van der Waals surface area contributed by atoms with Gasteiger partial charge in [-0.05, 0) is 31.0 Å². The quantitative estimate of drug-likeness (QED) is 0.680. The highest BCUT2D eigenvalue weighted by atomic mass is 16.1. The van der Waals surface area contributed by atoms with Gasteiger partial charge in [-0.1, -0.05) is 32.0 Å². The van der Waals surface area contributed by atoms with Crippen molar-refractivity contribution in [1.29, 1.82) is 0 Å². The summed E-state index contributed by atoms with van der Waals surface area (Å²) in [4.78, 5) is 13.8. The van der Waals surface area contributed by atoms with Crippen LogP contribution < -0.4 is 15.5 Å². The molecule has 0 bridgehead atoms. The first-order valence-electron chi connectivity index (χ1n) is 7.47. The lowest BCUT2D eigenvalue weighted by atomic mass is 10.1. The molecule has 1 rings (SSSR count). The number of likely N-dealkylation sites (N-methyl/N-ethyl adjacent to an activating group) is 1. The third-order valence-corrected chi connectivity index (χ3v) is 3.18. The van der Waals surface area contributed by atoms with E-state index in [1.807, 2.05) is 6.07 Å². The second-order valence-corrected chi connectivity index (χ2v) is 4.90. The summed E-state index contributed by atoms with van der Waals surface area (Å²) in [6.07, 6.45) is 2.15. The number of nitrogens with one attached hydrogen (secondary N) is 2. The monoisotopic (exact) mass is 277 g/mol. The Balaban J connectivity index is 2.85. The Morgan fingerprint density at radius 3 is 2.60 bits per heavy atom. The lowest BCUT2D eigenvalue weighted by molar-refractivity contribution is -0.119. The summed E-state index contributed by atoms with van der Waals surface area (Å²) < 4.78 is 0. The molecule has 0 radical (unpaired) electrons. The molecule has 20 heavy (non-hydrogen) atoms. The van der Waals surface area contributed by atoms with E-state index in [4.69, 9.17) is 0 Å². The molecular weight excluding hydrogens is 250 g/mol. The molecule has 1 amide bonds. The topological polar surface area (TPSA) is 44.4 Å². The summed E-state index contributed by atoms with van der Waals surface area (Å²) >= 11 is 0. The zero-order valence-corrected chi connectivity index (χ0v) is 12.9. The summed E-state index contributed by atoms with van der Waals surface area (Å²) in [6, 6.07) is 8.31. The largest absolute Gasteiger partial charge is 0.362 e. The molecule has 0 saturated carbocycles. The summed E-state index contributed by atoms with van der Waals surface area (Å²) in [5.74, 6) is 0.0507. The van der Waals surface area contributed by atoms with Crippen LogP contribution >= 0.6 is 0 Å². The highest BCUT2D eigenvalue weighted by Crippen LogP contribution is 2.20. The van der Waals surface area contributed by atoms with Crippen molar-refractivity contribution in [1.82, 2.24) is 10.6 Å². The van der Waals surface area contributed by atoms with Crippen LogP contribution in [-0.2, 0) is 11.3 Å². The molecule has 0 aromatic heterocycles. The summed E-state index contributed by atoms with van der Waals surface area (Å²) in [5, 5.41) is 6.13. The van der Waals surface area contributed by atoms with E-state index in [9.17, 15) is 4.79 Å². The van der Waals surface area contributed by atoms with Gasteiger partial charge in [0.1, 0.15) is 0 Å². The maximum atomic E-state index is 11.7. The molecule has 2 N–H and O–H groups in total. The zero-order chi connectivity index (χ0) is 14.8. The van der Waals surface area contributed by atoms with Gasteiger partial charge >= 0.3 is 0 Å². The van der Waals surface area contributed by atoms with E-state index >= 15 is 0 Å². The molecule has 0 aliphatic rings. The molecule has 0 unspecified atom stereocenters. The van der Waals surface area contributed by atoms with Gasteiger partial charge in [-0.25, -0.2) is 0 Å². The molecule has 1 aromatic carbocycles. The van der Waals surface area contributed by atoms with Gasteiger partial charge in [0.05, 0.1) is 6.54 Å². The van der Waals surface area contributed by atoms with E-state index in [0.29, 0.717) is 6.54 Å². The fourth-order valence-corrected chi connectivity index (χ4v) is 2.18. The standard InChI is InChI=1S/C16H27N3O/c1-4-10-18-12-14-8-6-7-9-15(14)19(11-5-2)13-16(20)17-3/h6-9,18H,4-5,10-13H2,1-3H3,(H,17,20). The number of benzene rings is 1. The third-order valence-electron chi connectivity index (χ3n) is 3.18. The van der Waals surface area contributed by atoms with Gasteiger partial charge < -0.3 is 15.5 Å². The maximum absolute atomic E-state index is 11.7. The van der Waals surface area contributed by atoms with E-state index in [2.05, 4.69) is 47.6 Å². The van der Waals surface area contributed by atoms with Crippen LogP contribution in [0.25, 0.3) is 0 Å². The van der Waals surface area contributed by atoms with Gasteiger partial charge in [-0.2, -0.15) is 0 Å². The molecule has 0 atom stereocenters. The molecule has 0 fully saturated rings. The van der Waals surface area contributed by atoms with Crippen LogP contribution in [0.4, 0.5) is 5.69 Å². The number of carbonyl (C=O) groups is 1. The Bertz CT molecular complexity index is 406. The third kappa shape index (κ3) is 5.21. The minimum absolute atomic E-state index is 0.0507. The van der Waals surface area contributed by atoms with Gasteiger partial charge in [-0.3, -0.25) is 4.79 Å². The van der Waals surface area contributed by atoms with Crippen LogP contribution in [0, 0.1) is 0 Å². The molecule has 0 aliphatic heterocycles. The number of hydrogen-bond acceptors (Lipinski definition) is 3. The molecule has 0 aliphatic carbocycles. The van der Waals surface area contributed by atoms with Crippen molar-refractivity contribution in [2.75, 3.05) is 31.6 Å². The van der Waals surface area contributed by atoms with Crippen molar-refractivity contribution in [3.63, 3.8) is 0 Å². The second-order valence-electron chi connectivity index (χ2n) is 4.90. The van der Waals surface area contributed by atoms with Gasteiger partial charge in [-0.15, -0.1) is 0 Å². The number of nitrogens with zero attached hydrogens (tertiary/aromatic N) is 1. The molecule has 4 heteroatoms. The highest BCUT2D eigenvalue weighted by molar-refractivity contribution is 5.81. The Morgan fingerprint density at radius 1 is 1.20 bits per heavy atom. The molecule has 4 nitrogen and oxygen atoms in total. The van der Waals surface area contributed by atoms with E-state index in [1.54, 1.807) is 7.05 Å². The molecule has 0 saturated heterocycles. The lowest BCUT2D eigenvalue weighted by Gasteiger charge is -2.26. The van der Waals surface area contributed by atoms with Crippen LogP contribution in [0.15, 0.2) is 24.3 Å². The minimum atomic E-state index is 0.0507. The van der Waals surface area contributed by atoms with Crippen molar-refractivity contribution < 1.29 is 4.79 Å². The highest BCUT2D eigenvalue weighted by Gasteiger charge is 2.13. The molecular formula is C16H27N3O. The first kappa shape index (κ1) is 16.5. The van der Waals surface area contributed by atoms with Crippen molar-refractivity contribution in [3.8, 4) is 0 Å². The van der Waals surface area contributed by atoms with Crippen molar-refractivity contribution >= 4 is 11.6 Å². The summed E-state index contributed by atoms with van der Waals surface area (Å²) in [6.45, 7) is 7.45. The maximum Gasteiger partial charge on any atom is 0.239 e. The first-order chi connectivity index (χ1) is 9.72. The van der Waals surface area contributed by atoms with Crippen molar-refractivity contribution in [2.45, 2.75) is 33.2 Å². The van der Waals surface area contributed by atoms with Gasteiger partial charge in [0.2, 0.25) is 5.91 Å². The van der Waals surface area contributed by atoms with Crippen LogP contribution in [0.1, 0.15) is 32.3 Å². The number of anilines is 1. The zero-order valence-electron chi connectivity index (χ0n) is 12.9. The van der Waals surface area contributed by atoms with Gasteiger partial charge in [0.15, 0.2) is 0 Å². The van der Waals surface area contributed by atoms with E-state index in [1.165, 1.54) is 5.56 Å². The SMILES string of the molecule is CCCNCc1ccccc1N(CCC)CC(=O)NC. The smallest absolute Gasteiger partial charge is 0.239 e. The predicted molar refractivity (Wildman–Crippen MR) is 85.0 cm³/mol. The van der Waals surface area contributed by atoms with Crippen molar-refractivity contribution in [2.24, 2.45) is 0 Å². The second kappa shape index (κ2) is 9.37. The first-order valence-corrected chi connectivity index (χ1v) is 7.47. The normalized spacial score (nSPS) is 10.3. The fraction of sp³-hybridized carbons (Fsp3) is 0.562. The number of carbonyl (C=O) groups excluding carboxylic acids is 1. The van der Waals surface area contributed by atoms with E-state index in [-0.39, 0.29) is 5.91 Å². The predicted octanol–water partition coefficient (Wildman–Crippen LogP) is 2.15. The molecule has 112 valence electrons. The Hall–Kier alpha value is -1.55. The molecule has 0 spiro atoms. The number of para-hydroxylation sites is 1. The number of amides is 1. The Labute approximate surface area is 122 Å². The van der Waals surface area contributed by atoms with Crippen LogP contribution in [0.2, 0.25) is 0 Å². The molecule has 1 aromatic rings. The van der Waals surface area contributed by atoms with E-state index in [0.717, 1.165) is 38.2 Å². The van der Waals surface area contributed by atoms with Crippen molar-refractivity contribution in [3.05, 3.63) is 29.8 Å². The summed E-state index contributed by atoms with van der Waals surface area (Å²) in [5.41, 5.74) is 2.40. The summed E-state index contributed by atoms with van der Waals surface area (Å²) in [7, 11) is 1.68. The average Bonchev–Trinajstić information content (AvgIpc) is 2.47. The van der Waals surface area contributed by atoms with Crippen LogP contribution in [0.3, 0.4) is 0 Å². The van der Waals surface area contributed by atoms with Gasteiger partial charge in [0.25, 0.3) is 0 Å². The number of hydrogen-bond donors (Lipinski definition) is 2.